The van der Waals surface area contributed by atoms with Crippen LogP contribution < -0.4 is 5.56 Å². The van der Waals surface area contributed by atoms with E-state index in [1.165, 1.54) is 11.3 Å². The van der Waals surface area contributed by atoms with Crippen molar-refractivity contribution in [1.82, 2.24) is 9.13 Å². The molecule has 27 heavy (non-hydrogen) atoms. The molecule has 4 rings (SSSR count). The number of nitrogens with zero attached hydrogens (tertiary/aromatic N) is 3. The molecule has 0 radical (unpaired) electrons. The summed E-state index contributed by atoms with van der Waals surface area (Å²) in [4.78, 5) is 13.3. The van der Waals surface area contributed by atoms with Gasteiger partial charge >= 0.3 is 0 Å². The van der Waals surface area contributed by atoms with Crippen molar-refractivity contribution in [2.24, 2.45) is 0 Å². The fourth-order valence-electron chi connectivity index (χ4n) is 3.27. The number of aromatic nitrogens is 2. The predicted octanol–water partition coefficient (Wildman–Crippen LogP) is 5.06. The quantitative estimate of drug-likeness (QED) is 0.450. The second-order valence-corrected chi connectivity index (χ2v) is 7.87. The number of fused-ring (bicyclic) bond motifs is 1. The van der Waals surface area contributed by atoms with E-state index >= 15 is 0 Å². The highest BCUT2D eigenvalue weighted by atomic mass is 32.1. The minimum atomic E-state index is -0.325. The van der Waals surface area contributed by atoms with Gasteiger partial charge in [0.1, 0.15) is 17.3 Å². The smallest absolute Gasteiger partial charge is 0.275 e. The maximum Gasteiger partial charge on any atom is 0.275 e. The van der Waals surface area contributed by atoms with E-state index in [-0.39, 0.29) is 11.1 Å². The normalized spacial score (nSPS) is 10.9. The number of rotatable bonds is 2. The number of pyridine rings is 1. The maximum atomic E-state index is 13.3. The lowest BCUT2D eigenvalue weighted by molar-refractivity contribution is 0.951. The first-order chi connectivity index (χ1) is 13.0. The zero-order chi connectivity index (χ0) is 19.1. The Kier molecular flexibility index (Phi) is 4.27. The number of hydrogen-bond acceptors (Lipinski definition) is 4. The van der Waals surface area contributed by atoms with Gasteiger partial charge in [-0.15, -0.1) is 11.3 Å². The van der Waals surface area contributed by atoms with E-state index < -0.39 is 0 Å². The third-order valence-corrected chi connectivity index (χ3v) is 6.10. The molecule has 0 aliphatic heterocycles. The molecule has 0 bridgehead atoms. The molecule has 4 aromatic rings. The van der Waals surface area contributed by atoms with Crippen molar-refractivity contribution >= 4 is 33.9 Å². The summed E-state index contributed by atoms with van der Waals surface area (Å²) < 4.78 is 5.02. The molecule has 0 unspecified atom stereocenters. The van der Waals surface area contributed by atoms with Gasteiger partial charge in [-0.25, -0.2) is 0 Å². The predicted molar refractivity (Wildman–Crippen MR) is 112 cm³/mol. The number of nitriles is 1. The van der Waals surface area contributed by atoms with E-state index in [9.17, 15) is 10.1 Å². The minimum Gasteiger partial charge on any atom is -0.277 e. The second-order valence-electron chi connectivity index (χ2n) is 6.23. The highest BCUT2D eigenvalue weighted by Gasteiger charge is 2.21. The molecule has 0 aliphatic carbocycles. The Morgan fingerprint density at radius 1 is 1.00 bits per heavy atom. The monoisotopic (exact) mass is 389 g/mol. The Morgan fingerprint density at radius 3 is 2.33 bits per heavy atom. The average Bonchev–Trinajstić information content (AvgIpc) is 3.01. The summed E-state index contributed by atoms with van der Waals surface area (Å²) in [7, 11) is 0. The van der Waals surface area contributed by atoms with Gasteiger partial charge in [0.2, 0.25) is 0 Å². The Balaban J connectivity index is 2.30. The summed E-state index contributed by atoms with van der Waals surface area (Å²) in [6, 6.07) is 19.5. The van der Waals surface area contributed by atoms with Crippen molar-refractivity contribution in [3.05, 3.63) is 85.6 Å². The second kappa shape index (κ2) is 6.62. The van der Waals surface area contributed by atoms with Gasteiger partial charge in [-0.05, 0) is 55.4 Å². The average molecular weight is 390 g/mol. The third kappa shape index (κ3) is 2.64. The van der Waals surface area contributed by atoms with Crippen molar-refractivity contribution in [1.29, 1.82) is 5.26 Å². The van der Waals surface area contributed by atoms with Crippen molar-refractivity contribution in [3.8, 4) is 17.4 Å². The van der Waals surface area contributed by atoms with Crippen LogP contribution in [0.5, 0.6) is 0 Å². The number of thiazole rings is 1. The summed E-state index contributed by atoms with van der Waals surface area (Å²) in [5.41, 5.74) is 3.79. The van der Waals surface area contributed by atoms with E-state index in [0.29, 0.717) is 15.2 Å². The molecule has 6 heteroatoms. The molecular weight excluding hydrogens is 374 g/mol. The van der Waals surface area contributed by atoms with Gasteiger partial charge in [0, 0.05) is 5.69 Å². The zero-order valence-electron chi connectivity index (χ0n) is 14.8. The number of para-hydroxylation sites is 2. The van der Waals surface area contributed by atoms with E-state index in [1.54, 1.807) is 4.57 Å². The van der Waals surface area contributed by atoms with Gasteiger partial charge in [-0.3, -0.25) is 13.9 Å². The van der Waals surface area contributed by atoms with Crippen molar-refractivity contribution < 1.29 is 0 Å². The van der Waals surface area contributed by atoms with Crippen LogP contribution >= 0.6 is 23.6 Å². The molecule has 0 fully saturated rings. The SMILES string of the molecule is Cc1ccccc1-n1c(=O)c(C#N)c(C)c2sc(=S)n(-c3ccccc3)c21. The van der Waals surface area contributed by atoms with E-state index in [2.05, 4.69) is 6.07 Å². The number of aryl methyl sites for hydroxylation is 2. The Bertz CT molecular complexity index is 1340. The molecule has 2 aromatic carbocycles. The molecule has 132 valence electrons. The Hall–Kier alpha value is -3.01. The summed E-state index contributed by atoms with van der Waals surface area (Å²) in [5.74, 6) is 0. The van der Waals surface area contributed by atoms with Gasteiger partial charge in [0.15, 0.2) is 3.95 Å². The highest BCUT2D eigenvalue weighted by Crippen LogP contribution is 2.31. The summed E-state index contributed by atoms with van der Waals surface area (Å²) in [6.07, 6.45) is 0. The standard InChI is InChI=1S/C21H15N3OS2/c1-13-8-6-7-11-17(13)24-19-18(14(2)16(12-22)20(24)25)27-21(26)23(19)15-9-4-3-5-10-15/h3-11H,1-2H3. The zero-order valence-corrected chi connectivity index (χ0v) is 16.4. The van der Waals surface area contributed by atoms with Gasteiger partial charge in [0.25, 0.3) is 5.56 Å². The Morgan fingerprint density at radius 2 is 1.67 bits per heavy atom. The van der Waals surface area contributed by atoms with E-state index in [4.69, 9.17) is 12.2 Å². The first-order valence-electron chi connectivity index (χ1n) is 8.37. The number of hydrogen-bond donors (Lipinski definition) is 0. The molecule has 2 heterocycles. The molecule has 0 aliphatic rings. The van der Waals surface area contributed by atoms with Crippen LogP contribution in [0, 0.1) is 29.1 Å². The lowest BCUT2D eigenvalue weighted by atomic mass is 10.1. The molecular formula is C21H15N3OS2. The molecule has 0 saturated carbocycles. The first kappa shape index (κ1) is 17.4. The summed E-state index contributed by atoms with van der Waals surface area (Å²) in [5, 5.41) is 9.60. The van der Waals surface area contributed by atoms with E-state index in [1.807, 2.05) is 73.0 Å². The fraction of sp³-hybridized carbons (Fsp3) is 0.0952. The van der Waals surface area contributed by atoms with Gasteiger partial charge in [-0.1, -0.05) is 36.4 Å². The van der Waals surface area contributed by atoms with Crippen molar-refractivity contribution in [3.63, 3.8) is 0 Å². The lowest BCUT2D eigenvalue weighted by Gasteiger charge is -2.15. The number of benzene rings is 2. The highest BCUT2D eigenvalue weighted by molar-refractivity contribution is 7.73. The van der Waals surface area contributed by atoms with Crippen LogP contribution in [-0.4, -0.2) is 9.13 Å². The van der Waals surface area contributed by atoms with Crippen molar-refractivity contribution in [2.45, 2.75) is 13.8 Å². The molecule has 2 aromatic heterocycles. The van der Waals surface area contributed by atoms with Crippen LogP contribution in [0.1, 0.15) is 16.7 Å². The minimum absolute atomic E-state index is 0.155. The third-order valence-electron chi connectivity index (χ3n) is 4.61. The molecule has 0 amide bonds. The van der Waals surface area contributed by atoms with Crippen molar-refractivity contribution in [2.75, 3.05) is 0 Å². The molecule has 0 spiro atoms. The summed E-state index contributed by atoms with van der Waals surface area (Å²) in [6.45, 7) is 3.76. The Labute approximate surface area is 165 Å². The topological polar surface area (TPSA) is 50.7 Å². The molecule has 0 atom stereocenters. The van der Waals surface area contributed by atoms with Crippen LogP contribution in [0.2, 0.25) is 0 Å². The molecule has 4 nitrogen and oxygen atoms in total. The van der Waals surface area contributed by atoms with Crippen LogP contribution in [0.4, 0.5) is 0 Å². The first-order valence-corrected chi connectivity index (χ1v) is 9.59. The van der Waals surface area contributed by atoms with Crippen LogP contribution in [0.15, 0.2) is 59.4 Å². The maximum absolute atomic E-state index is 13.3. The van der Waals surface area contributed by atoms with Gasteiger partial charge in [-0.2, -0.15) is 5.26 Å². The van der Waals surface area contributed by atoms with Crippen LogP contribution in [0.25, 0.3) is 21.7 Å². The summed E-state index contributed by atoms with van der Waals surface area (Å²) >= 11 is 7.06. The van der Waals surface area contributed by atoms with Crippen LogP contribution in [-0.2, 0) is 0 Å². The van der Waals surface area contributed by atoms with Crippen LogP contribution in [0.3, 0.4) is 0 Å². The molecule has 0 N–H and O–H groups in total. The van der Waals surface area contributed by atoms with E-state index in [0.717, 1.165) is 21.6 Å². The van der Waals surface area contributed by atoms with Gasteiger partial charge < -0.3 is 0 Å². The largest absolute Gasteiger partial charge is 0.277 e. The lowest BCUT2D eigenvalue weighted by Crippen LogP contribution is -2.24. The fourth-order valence-corrected chi connectivity index (χ4v) is 4.70. The molecule has 0 saturated heterocycles. The van der Waals surface area contributed by atoms with Gasteiger partial charge in [0.05, 0.1) is 10.4 Å².